The Kier molecular flexibility index (Phi) is 11.3. The molecule has 0 bridgehead atoms. The molecule has 55 heavy (non-hydrogen) atoms. The lowest BCUT2D eigenvalue weighted by Gasteiger charge is -2.65. The summed E-state index contributed by atoms with van der Waals surface area (Å²) in [5.41, 5.74) is -0.561. The highest BCUT2D eigenvalue weighted by atomic mass is 16.7. The zero-order valence-electron chi connectivity index (χ0n) is 32.9. The van der Waals surface area contributed by atoms with E-state index in [1.54, 1.807) is 26.2 Å². The molecule has 4 aliphatic carbocycles. The number of hydrogen-bond donors (Lipinski definition) is 6. The lowest BCUT2D eigenvalue weighted by atomic mass is 9.42. The van der Waals surface area contributed by atoms with Crippen molar-refractivity contribution in [1.29, 1.82) is 0 Å². The number of rotatable bonds is 7. The van der Waals surface area contributed by atoms with Crippen molar-refractivity contribution in [3.05, 3.63) is 24.0 Å². The van der Waals surface area contributed by atoms with E-state index in [0.29, 0.717) is 18.8 Å². The first-order valence-electron chi connectivity index (χ1n) is 20.9. The third-order valence-corrected chi connectivity index (χ3v) is 15.8. The first-order chi connectivity index (χ1) is 26.1. The summed E-state index contributed by atoms with van der Waals surface area (Å²) in [7, 11) is 0. The van der Waals surface area contributed by atoms with Crippen molar-refractivity contribution >= 4 is 0 Å². The van der Waals surface area contributed by atoms with Crippen LogP contribution < -0.4 is 0 Å². The van der Waals surface area contributed by atoms with Crippen LogP contribution in [0.15, 0.2) is 18.5 Å². The maximum absolute atomic E-state index is 12.6. The Balaban J connectivity index is 0.840. The molecular weight excluding hydrogens is 712 g/mol. The molecule has 3 aliphatic heterocycles. The van der Waals surface area contributed by atoms with Gasteiger partial charge in [0.1, 0.15) is 18.3 Å². The monoisotopic (exact) mass is 776 g/mol. The van der Waals surface area contributed by atoms with Crippen LogP contribution in [0, 0.1) is 28.6 Å². The molecule has 7 aliphatic rings. The van der Waals surface area contributed by atoms with Crippen LogP contribution in [0.1, 0.15) is 117 Å². The van der Waals surface area contributed by atoms with Crippen LogP contribution in [0.4, 0.5) is 0 Å². The van der Waals surface area contributed by atoms with Gasteiger partial charge in [0.25, 0.3) is 0 Å². The van der Waals surface area contributed by atoms with Crippen LogP contribution in [-0.4, -0.2) is 132 Å². The fourth-order valence-electron chi connectivity index (χ4n) is 12.6. The minimum absolute atomic E-state index is 0.0202. The number of aliphatic hydroxyl groups is 6. The summed E-state index contributed by atoms with van der Waals surface area (Å²) in [4.78, 5) is 0. The number of ether oxygens (including phenoxy) is 6. The minimum atomic E-state index is -1.000. The lowest BCUT2D eigenvalue weighted by molar-refractivity contribution is -0.336. The Morgan fingerprint density at radius 1 is 0.673 bits per heavy atom. The third-order valence-electron chi connectivity index (χ3n) is 15.8. The number of fused-ring (bicyclic) bond motifs is 5. The van der Waals surface area contributed by atoms with E-state index in [4.69, 9.17) is 28.4 Å². The van der Waals surface area contributed by atoms with Crippen LogP contribution in [-0.2, 0) is 28.4 Å². The molecule has 21 atom stereocenters. The fraction of sp³-hybridized carbons (Fsp3) is 0.902. The molecule has 0 unspecified atom stereocenters. The van der Waals surface area contributed by atoms with Gasteiger partial charge in [-0.1, -0.05) is 13.8 Å². The predicted octanol–water partition coefficient (Wildman–Crippen LogP) is 2.69. The number of nitrogens with zero attached hydrogens (tertiary/aromatic N) is 2. The van der Waals surface area contributed by atoms with Crippen LogP contribution in [0.3, 0.4) is 0 Å². The van der Waals surface area contributed by atoms with E-state index in [1.165, 1.54) is 0 Å². The third kappa shape index (κ3) is 7.01. The topological polar surface area (TPSA) is 203 Å². The molecule has 0 amide bonds. The standard InChI is InChI=1S/C41H64N2O12/c1-20-36(48)29(44)16-34(50-20)54-38-22(3)52-35(18-31(38)46)55-37-21(2)51-33(17-30(37)45)53-25-8-11-39(4)24(14-25)6-7-27-28(39)15-32(47)40(5)26(9-12-41(27,40)49)23-10-13-42-43-19-23/h10,13,19-22,24-38,44-49H,6-9,11-12,14-18H2,1-5H3/t20-,21+,22-,24+,25+,26-,27+,28+,29-,30-,31-,32-,33-,34-,35+,36-,37+,38+,39-,40-,41-/m0/s1. The summed E-state index contributed by atoms with van der Waals surface area (Å²) in [5, 5.41) is 75.1. The zero-order valence-corrected chi connectivity index (χ0v) is 32.9. The SMILES string of the molecule is C[C@@H]1O[C@@H](O[C@@H]2[C@H](C)O[C@H](O[C@H]3[C@@H](O)C[C@H](O[C@@H]4CC[C@@]5(C)[C@H](CC[C@@H]6[C@H]5C[C@H](O)[C@]5(C)[C@H](c7ccnnc7)CC[C@]65O)C4)O[C@@H]3C)C[C@@H]2O)C[C@H](O)[C@H]1O. The van der Waals surface area contributed by atoms with E-state index >= 15 is 0 Å². The molecule has 14 nitrogen and oxygen atoms in total. The number of aliphatic hydroxyl groups excluding tert-OH is 5. The average molecular weight is 777 g/mol. The molecule has 4 heterocycles. The molecule has 0 aromatic carbocycles. The zero-order chi connectivity index (χ0) is 39.0. The van der Waals surface area contributed by atoms with Gasteiger partial charge in [-0.25, -0.2) is 0 Å². The van der Waals surface area contributed by atoms with E-state index in [9.17, 15) is 30.6 Å². The molecule has 1 aromatic heterocycles. The quantitative estimate of drug-likeness (QED) is 0.221. The largest absolute Gasteiger partial charge is 0.392 e. The maximum Gasteiger partial charge on any atom is 0.161 e. The van der Waals surface area contributed by atoms with Crippen LogP contribution in [0.2, 0.25) is 0 Å². The Bertz CT molecular complexity index is 1440. The first-order valence-corrected chi connectivity index (χ1v) is 20.9. The Labute approximate surface area is 324 Å². The van der Waals surface area contributed by atoms with Gasteiger partial charge in [0.15, 0.2) is 18.9 Å². The fourth-order valence-corrected chi connectivity index (χ4v) is 12.6. The van der Waals surface area contributed by atoms with E-state index in [2.05, 4.69) is 24.0 Å². The second kappa shape index (κ2) is 15.3. The highest BCUT2D eigenvalue weighted by Gasteiger charge is 2.70. The summed E-state index contributed by atoms with van der Waals surface area (Å²) < 4.78 is 36.9. The maximum atomic E-state index is 12.6. The van der Waals surface area contributed by atoms with Crippen LogP contribution >= 0.6 is 0 Å². The Morgan fingerprint density at radius 3 is 1.89 bits per heavy atom. The van der Waals surface area contributed by atoms with Crippen molar-refractivity contribution in [1.82, 2.24) is 10.2 Å². The van der Waals surface area contributed by atoms with Crippen molar-refractivity contribution in [2.75, 3.05) is 0 Å². The molecule has 310 valence electrons. The highest BCUT2D eigenvalue weighted by molar-refractivity contribution is 5.28. The van der Waals surface area contributed by atoms with Crippen molar-refractivity contribution in [3.63, 3.8) is 0 Å². The summed E-state index contributed by atoms with van der Waals surface area (Å²) in [6, 6.07) is 1.98. The van der Waals surface area contributed by atoms with Crippen LogP contribution in [0.25, 0.3) is 0 Å². The molecule has 0 radical (unpaired) electrons. The van der Waals surface area contributed by atoms with Crippen molar-refractivity contribution in [2.45, 2.75) is 203 Å². The molecular formula is C41H64N2O12. The molecule has 8 rings (SSSR count). The van der Waals surface area contributed by atoms with E-state index in [-0.39, 0.29) is 48.5 Å². The highest BCUT2D eigenvalue weighted by Crippen LogP contribution is 2.70. The molecule has 6 N–H and O–H groups in total. The van der Waals surface area contributed by atoms with Crippen molar-refractivity contribution in [2.24, 2.45) is 28.6 Å². The van der Waals surface area contributed by atoms with Gasteiger partial charge in [-0.05, 0) is 113 Å². The Morgan fingerprint density at radius 2 is 1.29 bits per heavy atom. The van der Waals surface area contributed by atoms with Gasteiger partial charge >= 0.3 is 0 Å². The predicted molar refractivity (Wildman–Crippen MR) is 195 cm³/mol. The summed E-state index contributed by atoms with van der Waals surface area (Å²) in [6.45, 7) is 9.76. The van der Waals surface area contributed by atoms with Crippen molar-refractivity contribution < 1.29 is 59.1 Å². The Hall–Kier alpha value is -1.40. The van der Waals surface area contributed by atoms with E-state index in [0.717, 1.165) is 44.1 Å². The second-order valence-electron chi connectivity index (χ2n) is 18.7. The number of hydrogen-bond acceptors (Lipinski definition) is 14. The molecule has 0 spiro atoms. The minimum Gasteiger partial charge on any atom is -0.392 e. The lowest BCUT2D eigenvalue weighted by Crippen LogP contribution is -2.66. The van der Waals surface area contributed by atoms with Gasteiger partial charge in [0.05, 0.1) is 60.6 Å². The summed E-state index contributed by atoms with van der Waals surface area (Å²) >= 11 is 0. The van der Waals surface area contributed by atoms with Gasteiger partial charge in [-0.2, -0.15) is 10.2 Å². The average Bonchev–Trinajstić information content (AvgIpc) is 3.43. The number of aromatic nitrogens is 2. The van der Waals surface area contributed by atoms with E-state index < -0.39 is 90.9 Å². The van der Waals surface area contributed by atoms with Crippen molar-refractivity contribution in [3.8, 4) is 0 Å². The second-order valence-corrected chi connectivity index (χ2v) is 18.7. The van der Waals surface area contributed by atoms with Crippen LogP contribution in [0.5, 0.6) is 0 Å². The van der Waals surface area contributed by atoms with Gasteiger partial charge < -0.3 is 59.1 Å². The smallest absolute Gasteiger partial charge is 0.161 e. The molecule has 3 saturated heterocycles. The van der Waals surface area contributed by atoms with Gasteiger partial charge in [0.2, 0.25) is 0 Å². The first kappa shape index (κ1) is 40.4. The molecule has 14 heteroatoms. The molecule has 1 aromatic rings. The normalized spacial score (nSPS) is 54.2. The van der Waals surface area contributed by atoms with Gasteiger partial charge in [-0.3, -0.25) is 0 Å². The summed E-state index contributed by atoms with van der Waals surface area (Å²) in [6.07, 6.45) is 0.987. The molecule has 4 saturated carbocycles. The van der Waals surface area contributed by atoms with E-state index in [1.807, 2.05) is 13.0 Å². The van der Waals surface area contributed by atoms with Gasteiger partial charge in [-0.15, -0.1) is 0 Å². The molecule has 7 fully saturated rings. The van der Waals surface area contributed by atoms with Gasteiger partial charge in [0, 0.05) is 30.9 Å². The summed E-state index contributed by atoms with van der Waals surface area (Å²) in [5.74, 6) is 0.777.